The minimum atomic E-state index is -0.0312. The average Bonchev–Trinajstić information content (AvgIpc) is 2.68. The van der Waals surface area contributed by atoms with E-state index in [-0.39, 0.29) is 11.9 Å². The molecule has 1 fully saturated rings. The Hall–Kier alpha value is -2.59. The molecule has 4 heteroatoms. The summed E-state index contributed by atoms with van der Waals surface area (Å²) in [6.45, 7) is 7.30. The van der Waals surface area contributed by atoms with Gasteiger partial charge in [0.25, 0.3) is 5.91 Å². The molecule has 0 saturated carbocycles. The van der Waals surface area contributed by atoms with E-state index in [2.05, 4.69) is 30.1 Å². The summed E-state index contributed by atoms with van der Waals surface area (Å²) in [6.07, 6.45) is 4.24. The Morgan fingerprint density at radius 2 is 1.78 bits per heavy atom. The van der Waals surface area contributed by atoms with Crippen molar-refractivity contribution in [2.45, 2.75) is 32.7 Å². The molecule has 2 aromatic rings. The van der Waals surface area contributed by atoms with E-state index >= 15 is 0 Å². The number of carbonyl (C=O) groups is 1. The quantitative estimate of drug-likeness (QED) is 0.759. The van der Waals surface area contributed by atoms with Crippen LogP contribution in [-0.2, 0) is 0 Å². The molecule has 4 nitrogen and oxygen atoms in total. The van der Waals surface area contributed by atoms with Gasteiger partial charge in [-0.15, -0.1) is 0 Å². The lowest BCUT2D eigenvalue weighted by Gasteiger charge is -2.31. The Bertz CT molecular complexity index is 774. The summed E-state index contributed by atoms with van der Waals surface area (Å²) in [5.74, 6) is 1.40. The predicted octanol–water partition coefficient (Wildman–Crippen LogP) is 4.64. The van der Waals surface area contributed by atoms with Gasteiger partial charge >= 0.3 is 0 Å². The Kier molecular flexibility index (Phi) is 6.66. The van der Waals surface area contributed by atoms with Crippen molar-refractivity contribution in [3.8, 4) is 11.5 Å². The zero-order chi connectivity index (χ0) is 19.1. The first-order chi connectivity index (χ1) is 13.1. The van der Waals surface area contributed by atoms with Crippen molar-refractivity contribution >= 4 is 5.91 Å². The summed E-state index contributed by atoms with van der Waals surface area (Å²) < 4.78 is 5.83. The van der Waals surface area contributed by atoms with Crippen LogP contribution in [0.3, 0.4) is 0 Å². The van der Waals surface area contributed by atoms with Crippen LogP contribution in [0.2, 0.25) is 0 Å². The van der Waals surface area contributed by atoms with Crippen molar-refractivity contribution in [1.82, 2.24) is 10.2 Å². The fraction of sp³-hybridized carbons (Fsp3) is 0.348. The number of amides is 1. The molecule has 1 saturated heterocycles. The Labute approximate surface area is 161 Å². The molecule has 2 aromatic carbocycles. The van der Waals surface area contributed by atoms with Gasteiger partial charge in [0.05, 0.1) is 0 Å². The smallest absolute Gasteiger partial charge is 0.251 e. The molecule has 0 radical (unpaired) electrons. The van der Waals surface area contributed by atoms with Crippen molar-refractivity contribution in [1.29, 1.82) is 0 Å². The zero-order valence-corrected chi connectivity index (χ0v) is 16.2. The van der Waals surface area contributed by atoms with E-state index in [1.54, 1.807) is 6.07 Å². The number of carbonyl (C=O) groups excluding carboxylic acids is 1. The van der Waals surface area contributed by atoms with Gasteiger partial charge in [0, 0.05) is 31.2 Å². The monoisotopic (exact) mass is 364 g/mol. The zero-order valence-electron chi connectivity index (χ0n) is 16.2. The third-order valence-electron chi connectivity index (χ3n) is 4.76. The molecular weight excluding hydrogens is 336 g/mol. The van der Waals surface area contributed by atoms with Crippen LogP contribution in [-0.4, -0.2) is 36.5 Å². The first-order valence-corrected chi connectivity index (χ1v) is 9.60. The lowest BCUT2D eigenvalue weighted by Crippen LogP contribution is -2.44. The van der Waals surface area contributed by atoms with Gasteiger partial charge in [-0.05, 0) is 57.0 Å². The number of rotatable bonds is 6. The Morgan fingerprint density at radius 3 is 2.48 bits per heavy atom. The van der Waals surface area contributed by atoms with Gasteiger partial charge in [-0.3, -0.25) is 9.69 Å². The van der Waals surface area contributed by atoms with Gasteiger partial charge in [-0.25, -0.2) is 0 Å². The minimum absolute atomic E-state index is 0.0312. The number of hydrogen-bond donors (Lipinski definition) is 1. The third-order valence-corrected chi connectivity index (χ3v) is 4.76. The summed E-state index contributed by atoms with van der Waals surface area (Å²) in [5.41, 5.74) is 1.98. The third kappa shape index (κ3) is 5.97. The molecule has 1 heterocycles. The van der Waals surface area contributed by atoms with E-state index in [0.29, 0.717) is 11.3 Å². The molecule has 1 amide bonds. The number of likely N-dealkylation sites (tertiary alicyclic amines) is 1. The van der Waals surface area contributed by atoms with Crippen LogP contribution < -0.4 is 10.1 Å². The molecule has 1 N–H and O–H groups in total. The van der Waals surface area contributed by atoms with E-state index in [0.717, 1.165) is 38.2 Å². The summed E-state index contributed by atoms with van der Waals surface area (Å²) in [4.78, 5) is 15.1. The van der Waals surface area contributed by atoms with Crippen molar-refractivity contribution < 1.29 is 9.53 Å². The number of nitrogens with zero attached hydrogens (tertiary/aromatic N) is 1. The molecule has 1 aliphatic heterocycles. The number of nitrogens with one attached hydrogen (secondary N) is 1. The maximum atomic E-state index is 12.6. The summed E-state index contributed by atoms with van der Waals surface area (Å²) in [5, 5.41) is 3.18. The van der Waals surface area contributed by atoms with Gasteiger partial charge in [-0.2, -0.15) is 0 Å². The topological polar surface area (TPSA) is 41.6 Å². The number of benzene rings is 2. The second kappa shape index (κ2) is 9.38. The van der Waals surface area contributed by atoms with Crippen LogP contribution in [0.4, 0.5) is 0 Å². The number of allylic oxidation sites excluding steroid dienone is 1. The molecule has 142 valence electrons. The van der Waals surface area contributed by atoms with Gasteiger partial charge in [0.15, 0.2) is 0 Å². The molecule has 0 spiro atoms. The first-order valence-electron chi connectivity index (χ1n) is 9.60. The molecule has 3 rings (SSSR count). The van der Waals surface area contributed by atoms with Gasteiger partial charge in [-0.1, -0.05) is 35.9 Å². The number of piperidine rings is 1. The molecule has 0 aromatic heterocycles. The van der Waals surface area contributed by atoms with Crippen LogP contribution >= 0.6 is 0 Å². The number of para-hydroxylation sites is 1. The number of ether oxygens (including phenoxy) is 1. The highest BCUT2D eigenvalue weighted by Crippen LogP contribution is 2.22. The van der Waals surface area contributed by atoms with Crippen LogP contribution in [0.25, 0.3) is 0 Å². The molecule has 0 atom stereocenters. The maximum absolute atomic E-state index is 12.6. The lowest BCUT2D eigenvalue weighted by atomic mass is 10.0. The van der Waals surface area contributed by atoms with Crippen LogP contribution in [0, 0.1) is 0 Å². The number of hydrogen-bond acceptors (Lipinski definition) is 3. The minimum Gasteiger partial charge on any atom is -0.457 e. The highest BCUT2D eigenvalue weighted by atomic mass is 16.5. The summed E-state index contributed by atoms with van der Waals surface area (Å²) in [6, 6.07) is 17.2. The van der Waals surface area contributed by atoms with Crippen LogP contribution in [0.5, 0.6) is 11.5 Å². The van der Waals surface area contributed by atoms with Crippen LogP contribution in [0.1, 0.15) is 37.0 Å². The van der Waals surface area contributed by atoms with Gasteiger partial charge in [0.2, 0.25) is 0 Å². The molecule has 27 heavy (non-hydrogen) atoms. The summed E-state index contributed by atoms with van der Waals surface area (Å²) >= 11 is 0. The van der Waals surface area contributed by atoms with E-state index in [9.17, 15) is 4.79 Å². The average molecular weight is 364 g/mol. The molecule has 0 aliphatic carbocycles. The van der Waals surface area contributed by atoms with Crippen LogP contribution in [0.15, 0.2) is 66.2 Å². The van der Waals surface area contributed by atoms with E-state index in [1.807, 2.05) is 48.5 Å². The SMILES string of the molecule is CC(C)=CCN1CCC(NC(=O)c2cccc(Oc3ccccc3)c2)CC1. The van der Waals surface area contributed by atoms with E-state index in [1.165, 1.54) is 5.57 Å². The van der Waals surface area contributed by atoms with Crippen molar-refractivity contribution in [3.63, 3.8) is 0 Å². The van der Waals surface area contributed by atoms with Crippen molar-refractivity contribution in [2.24, 2.45) is 0 Å². The lowest BCUT2D eigenvalue weighted by molar-refractivity contribution is 0.0913. The Balaban J connectivity index is 1.53. The molecular formula is C23H28N2O2. The largest absolute Gasteiger partial charge is 0.457 e. The summed E-state index contributed by atoms with van der Waals surface area (Å²) in [7, 11) is 0. The normalized spacial score (nSPS) is 15.2. The first kappa shape index (κ1) is 19.2. The molecule has 1 aliphatic rings. The predicted molar refractivity (Wildman–Crippen MR) is 109 cm³/mol. The highest BCUT2D eigenvalue weighted by molar-refractivity contribution is 5.94. The highest BCUT2D eigenvalue weighted by Gasteiger charge is 2.20. The van der Waals surface area contributed by atoms with Crippen molar-refractivity contribution in [2.75, 3.05) is 19.6 Å². The van der Waals surface area contributed by atoms with Crippen molar-refractivity contribution in [3.05, 3.63) is 71.8 Å². The Morgan fingerprint density at radius 1 is 1.07 bits per heavy atom. The maximum Gasteiger partial charge on any atom is 0.251 e. The fourth-order valence-corrected chi connectivity index (χ4v) is 3.17. The second-order valence-corrected chi connectivity index (χ2v) is 7.27. The van der Waals surface area contributed by atoms with Gasteiger partial charge < -0.3 is 10.1 Å². The molecule has 0 bridgehead atoms. The van der Waals surface area contributed by atoms with E-state index < -0.39 is 0 Å². The fourth-order valence-electron chi connectivity index (χ4n) is 3.17. The molecule has 0 unspecified atom stereocenters. The van der Waals surface area contributed by atoms with E-state index in [4.69, 9.17) is 4.74 Å². The standard InChI is InChI=1S/C23H28N2O2/c1-18(2)11-14-25-15-12-20(13-16-25)24-23(26)19-7-6-10-22(17-19)27-21-8-4-3-5-9-21/h3-11,17,20H,12-16H2,1-2H3,(H,24,26). The second-order valence-electron chi connectivity index (χ2n) is 7.27. The van der Waals surface area contributed by atoms with Gasteiger partial charge in [0.1, 0.15) is 11.5 Å².